The first-order valence-corrected chi connectivity index (χ1v) is 4.86. The van der Waals surface area contributed by atoms with Crippen LogP contribution < -0.4 is 35.3 Å². The Kier molecular flexibility index (Phi) is 4.75. The molecule has 0 fully saturated rings. The van der Waals surface area contributed by atoms with Crippen LogP contribution >= 0.6 is 0 Å². The molecule has 0 aromatic heterocycles. The van der Waals surface area contributed by atoms with E-state index in [-0.39, 0.29) is 40.8 Å². The number of nitrogens with two attached hydrogens (primary N) is 1. The molecule has 0 bridgehead atoms. The second kappa shape index (κ2) is 4.95. The summed E-state index contributed by atoms with van der Waals surface area (Å²) in [5, 5.41) is 8.60. The molecule has 0 aliphatic rings. The predicted molar refractivity (Wildman–Crippen MR) is 47.6 cm³/mol. The molecule has 0 aliphatic heterocycles. The zero-order valence-electron chi connectivity index (χ0n) is 7.84. The number of benzene rings is 1. The molecule has 0 radical (unpaired) electrons. The molecule has 0 heterocycles. The van der Waals surface area contributed by atoms with Crippen LogP contribution in [-0.2, 0) is 10.1 Å². The predicted octanol–water partition coefficient (Wildman–Crippen LogP) is -2.78. The van der Waals surface area contributed by atoms with E-state index in [0.717, 1.165) is 18.2 Å². The SMILES string of the molecule is Nc1ccc(S(=O)(=O)O)cc1C(=O)O.[Na+]. The molecule has 15 heavy (non-hydrogen) atoms. The summed E-state index contributed by atoms with van der Waals surface area (Å²) < 4.78 is 29.9. The van der Waals surface area contributed by atoms with Crippen molar-refractivity contribution in [3.63, 3.8) is 0 Å². The van der Waals surface area contributed by atoms with Crippen LogP contribution in [0, 0.1) is 0 Å². The van der Waals surface area contributed by atoms with Gasteiger partial charge in [0.15, 0.2) is 0 Å². The molecule has 4 N–H and O–H groups in total. The van der Waals surface area contributed by atoms with E-state index in [9.17, 15) is 13.2 Å². The standard InChI is InChI=1S/C7H7NO5S.Na/c8-6-2-1-4(14(11,12)13)3-5(6)7(9)10;/h1-3H,8H2,(H,9,10)(H,11,12,13);/q;+1. The summed E-state index contributed by atoms with van der Waals surface area (Å²) in [7, 11) is -4.39. The van der Waals surface area contributed by atoms with Gasteiger partial charge in [0.25, 0.3) is 10.1 Å². The minimum absolute atomic E-state index is 0. The van der Waals surface area contributed by atoms with Crippen molar-refractivity contribution < 1.29 is 52.4 Å². The van der Waals surface area contributed by atoms with Gasteiger partial charge in [-0.15, -0.1) is 0 Å². The zero-order chi connectivity index (χ0) is 10.9. The van der Waals surface area contributed by atoms with E-state index < -0.39 is 21.0 Å². The number of carboxylic acids is 1. The van der Waals surface area contributed by atoms with Crippen molar-refractivity contribution in [3.05, 3.63) is 23.8 Å². The van der Waals surface area contributed by atoms with E-state index >= 15 is 0 Å². The number of aromatic carboxylic acids is 1. The van der Waals surface area contributed by atoms with Gasteiger partial charge in [0, 0.05) is 5.69 Å². The minimum atomic E-state index is -4.39. The van der Waals surface area contributed by atoms with Crippen molar-refractivity contribution in [2.45, 2.75) is 4.90 Å². The Hall–Kier alpha value is -0.600. The van der Waals surface area contributed by atoms with Crippen LogP contribution in [0.2, 0.25) is 0 Å². The third-order valence-electron chi connectivity index (χ3n) is 1.55. The molecule has 0 aliphatic carbocycles. The molecule has 76 valence electrons. The Morgan fingerprint density at radius 2 is 1.87 bits per heavy atom. The Morgan fingerprint density at radius 1 is 1.33 bits per heavy atom. The second-order valence-electron chi connectivity index (χ2n) is 2.53. The van der Waals surface area contributed by atoms with Gasteiger partial charge in [0.1, 0.15) is 0 Å². The molecule has 0 amide bonds. The molecular weight excluding hydrogens is 233 g/mol. The maximum Gasteiger partial charge on any atom is 1.00 e. The van der Waals surface area contributed by atoms with Crippen LogP contribution in [0.4, 0.5) is 5.69 Å². The van der Waals surface area contributed by atoms with Crippen LogP contribution in [0.15, 0.2) is 23.1 Å². The first-order chi connectivity index (χ1) is 6.32. The summed E-state index contributed by atoms with van der Waals surface area (Å²) in [5.74, 6) is -1.35. The number of rotatable bonds is 2. The van der Waals surface area contributed by atoms with Gasteiger partial charge < -0.3 is 10.8 Å². The van der Waals surface area contributed by atoms with Gasteiger partial charge in [-0.1, -0.05) is 0 Å². The van der Waals surface area contributed by atoms with Crippen LogP contribution in [-0.4, -0.2) is 24.0 Å². The van der Waals surface area contributed by atoms with Crippen molar-refractivity contribution >= 4 is 21.8 Å². The van der Waals surface area contributed by atoms with Crippen LogP contribution in [0.3, 0.4) is 0 Å². The third-order valence-corrected chi connectivity index (χ3v) is 2.40. The maximum atomic E-state index is 10.6. The quantitative estimate of drug-likeness (QED) is 0.292. The van der Waals surface area contributed by atoms with Crippen molar-refractivity contribution in [1.82, 2.24) is 0 Å². The summed E-state index contributed by atoms with van der Waals surface area (Å²) in [4.78, 5) is 10.0. The molecule has 1 aromatic rings. The number of carbonyl (C=O) groups is 1. The summed E-state index contributed by atoms with van der Waals surface area (Å²) >= 11 is 0. The number of carboxylic acid groups (broad SMARTS) is 1. The van der Waals surface area contributed by atoms with Gasteiger partial charge >= 0.3 is 35.5 Å². The summed E-state index contributed by atoms with van der Waals surface area (Å²) in [5.41, 5.74) is 4.85. The van der Waals surface area contributed by atoms with Crippen LogP contribution in [0.5, 0.6) is 0 Å². The molecular formula is C7H7NNaO5S+. The van der Waals surface area contributed by atoms with Crippen LogP contribution in [0.25, 0.3) is 0 Å². The van der Waals surface area contributed by atoms with Gasteiger partial charge in [-0.2, -0.15) is 8.42 Å². The number of hydrogen-bond donors (Lipinski definition) is 3. The van der Waals surface area contributed by atoms with Crippen molar-refractivity contribution in [1.29, 1.82) is 0 Å². The fraction of sp³-hybridized carbons (Fsp3) is 0. The summed E-state index contributed by atoms with van der Waals surface area (Å²) in [6.45, 7) is 0. The zero-order valence-corrected chi connectivity index (χ0v) is 10.7. The minimum Gasteiger partial charge on any atom is -0.478 e. The van der Waals surface area contributed by atoms with Crippen molar-refractivity contribution in [2.75, 3.05) is 5.73 Å². The van der Waals surface area contributed by atoms with Crippen LogP contribution in [0.1, 0.15) is 10.4 Å². The number of hydrogen-bond acceptors (Lipinski definition) is 4. The average molecular weight is 240 g/mol. The third kappa shape index (κ3) is 3.47. The Balaban J connectivity index is 0.00000196. The summed E-state index contributed by atoms with van der Waals surface area (Å²) in [6, 6.07) is 2.93. The second-order valence-corrected chi connectivity index (χ2v) is 3.95. The normalized spacial score (nSPS) is 10.5. The topological polar surface area (TPSA) is 118 Å². The molecule has 0 saturated carbocycles. The Bertz CT molecular complexity index is 484. The van der Waals surface area contributed by atoms with E-state index in [0.29, 0.717) is 0 Å². The molecule has 0 spiro atoms. The van der Waals surface area contributed by atoms with E-state index in [1.807, 2.05) is 0 Å². The Morgan fingerprint density at radius 3 is 2.27 bits per heavy atom. The molecule has 1 aromatic carbocycles. The fourth-order valence-corrected chi connectivity index (χ4v) is 1.39. The van der Waals surface area contributed by atoms with Crippen molar-refractivity contribution in [3.8, 4) is 0 Å². The first-order valence-electron chi connectivity index (χ1n) is 3.42. The molecule has 8 heteroatoms. The Labute approximate surface area is 108 Å². The molecule has 1 rings (SSSR count). The molecule has 0 unspecified atom stereocenters. The van der Waals surface area contributed by atoms with E-state index in [2.05, 4.69) is 0 Å². The van der Waals surface area contributed by atoms with E-state index in [1.54, 1.807) is 0 Å². The van der Waals surface area contributed by atoms with Gasteiger partial charge in [0.05, 0.1) is 10.5 Å². The van der Waals surface area contributed by atoms with Gasteiger partial charge in [-0.25, -0.2) is 4.79 Å². The monoisotopic (exact) mass is 240 g/mol. The van der Waals surface area contributed by atoms with Crippen molar-refractivity contribution in [2.24, 2.45) is 0 Å². The van der Waals surface area contributed by atoms with Gasteiger partial charge in [-0.3, -0.25) is 4.55 Å². The molecule has 6 nitrogen and oxygen atoms in total. The van der Waals surface area contributed by atoms with E-state index in [4.69, 9.17) is 15.4 Å². The summed E-state index contributed by atoms with van der Waals surface area (Å²) in [6.07, 6.45) is 0. The average Bonchev–Trinajstić information content (AvgIpc) is 2.02. The molecule has 0 saturated heterocycles. The number of anilines is 1. The fourth-order valence-electron chi connectivity index (χ4n) is 0.881. The maximum absolute atomic E-state index is 10.6. The van der Waals surface area contributed by atoms with Gasteiger partial charge in [-0.05, 0) is 18.2 Å². The van der Waals surface area contributed by atoms with Gasteiger partial charge in [0.2, 0.25) is 0 Å². The smallest absolute Gasteiger partial charge is 0.478 e. The largest absolute Gasteiger partial charge is 1.00 e. The first kappa shape index (κ1) is 14.4. The van der Waals surface area contributed by atoms with E-state index in [1.165, 1.54) is 0 Å². The molecule has 0 atom stereocenters. The number of nitrogen functional groups attached to an aromatic ring is 1.